The molecule has 0 radical (unpaired) electrons. The maximum Gasteiger partial charge on any atom is 0.109 e. The van der Waals surface area contributed by atoms with Gasteiger partial charge >= 0.3 is 0 Å². The molecule has 0 fully saturated rings. The summed E-state index contributed by atoms with van der Waals surface area (Å²) in [5, 5.41) is 10.6. The predicted molar refractivity (Wildman–Crippen MR) is 165 cm³/mol. The molecule has 8 aromatic rings. The van der Waals surface area contributed by atoms with Crippen LogP contribution in [0.1, 0.15) is 51.2 Å². The minimum atomic E-state index is 0.322. The third kappa shape index (κ3) is 3.21. The first-order valence-electron chi connectivity index (χ1n) is 13.5. The number of hydrogen-bond acceptors (Lipinski definition) is 4. The number of imidazole rings is 2. The summed E-state index contributed by atoms with van der Waals surface area (Å²) >= 11 is 1.79. The van der Waals surface area contributed by atoms with Crippen molar-refractivity contribution in [2.24, 2.45) is 0 Å². The maximum absolute atomic E-state index is 4.98. The van der Waals surface area contributed by atoms with Crippen LogP contribution in [0, 0.1) is 0 Å². The third-order valence-corrected chi connectivity index (χ3v) is 8.93. The number of nitrogens with zero attached hydrogens (tertiary/aromatic N) is 3. The SMILES string of the molecule is CC(C)c1nc2c3cnccc3c3cc(-c4ccc5c(c4)c4sccc4c4nc(C(C)C)[nH]c54)ccc3c2[nH]1. The van der Waals surface area contributed by atoms with Gasteiger partial charge in [0.15, 0.2) is 0 Å². The Morgan fingerprint density at radius 3 is 1.90 bits per heavy atom. The summed E-state index contributed by atoms with van der Waals surface area (Å²) in [7, 11) is 0. The van der Waals surface area contributed by atoms with Crippen LogP contribution in [-0.2, 0) is 0 Å². The highest BCUT2D eigenvalue weighted by molar-refractivity contribution is 7.18. The van der Waals surface area contributed by atoms with Crippen molar-refractivity contribution in [1.82, 2.24) is 24.9 Å². The second-order valence-electron chi connectivity index (χ2n) is 11.1. The predicted octanol–water partition coefficient (Wildman–Crippen LogP) is 9.42. The van der Waals surface area contributed by atoms with E-state index in [0.29, 0.717) is 11.8 Å². The van der Waals surface area contributed by atoms with Gasteiger partial charge in [-0.25, -0.2) is 9.97 Å². The summed E-state index contributed by atoms with van der Waals surface area (Å²) in [6.07, 6.45) is 3.82. The van der Waals surface area contributed by atoms with Gasteiger partial charge in [-0.2, -0.15) is 0 Å². The van der Waals surface area contributed by atoms with Gasteiger partial charge in [0.2, 0.25) is 0 Å². The van der Waals surface area contributed by atoms with Gasteiger partial charge in [-0.05, 0) is 51.5 Å². The van der Waals surface area contributed by atoms with Crippen molar-refractivity contribution in [2.45, 2.75) is 39.5 Å². The molecule has 4 aromatic heterocycles. The van der Waals surface area contributed by atoms with E-state index in [-0.39, 0.29) is 0 Å². The molecule has 4 aromatic carbocycles. The Morgan fingerprint density at radius 2 is 1.23 bits per heavy atom. The molecule has 5 nitrogen and oxygen atoms in total. The zero-order valence-electron chi connectivity index (χ0n) is 22.3. The van der Waals surface area contributed by atoms with Gasteiger partial charge in [0.25, 0.3) is 0 Å². The highest BCUT2D eigenvalue weighted by atomic mass is 32.1. The van der Waals surface area contributed by atoms with E-state index in [2.05, 4.69) is 96.6 Å². The Bertz CT molecular complexity index is 2250. The van der Waals surface area contributed by atoms with Crippen molar-refractivity contribution in [3.8, 4) is 11.1 Å². The van der Waals surface area contributed by atoms with Crippen LogP contribution in [0.3, 0.4) is 0 Å². The number of fused-ring (bicyclic) bond motifs is 12. The molecule has 0 amide bonds. The Kier molecular flexibility index (Phi) is 4.71. The van der Waals surface area contributed by atoms with Crippen LogP contribution < -0.4 is 0 Å². The van der Waals surface area contributed by atoms with E-state index in [4.69, 9.17) is 9.97 Å². The second-order valence-corrected chi connectivity index (χ2v) is 12.0. The lowest BCUT2D eigenvalue weighted by molar-refractivity contribution is 0.799. The van der Waals surface area contributed by atoms with E-state index in [9.17, 15) is 0 Å². The molecule has 0 unspecified atom stereocenters. The Hall–Kier alpha value is -4.29. The van der Waals surface area contributed by atoms with Crippen molar-refractivity contribution in [1.29, 1.82) is 0 Å². The molecular formula is C33H27N5S. The fourth-order valence-corrected chi connectivity index (χ4v) is 6.85. The Balaban J connectivity index is 1.40. The molecule has 0 saturated carbocycles. The van der Waals surface area contributed by atoms with Gasteiger partial charge < -0.3 is 9.97 Å². The summed E-state index contributed by atoms with van der Waals surface area (Å²) in [6, 6.07) is 18.0. The van der Waals surface area contributed by atoms with Crippen LogP contribution >= 0.6 is 11.3 Å². The first-order chi connectivity index (χ1) is 19.0. The Labute approximate surface area is 228 Å². The zero-order chi connectivity index (χ0) is 26.4. The molecule has 2 N–H and O–H groups in total. The van der Waals surface area contributed by atoms with E-state index in [1.165, 1.54) is 48.1 Å². The lowest BCUT2D eigenvalue weighted by Crippen LogP contribution is -1.88. The summed E-state index contributed by atoms with van der Waals surface area (Å²) in [5.74, 6) is 2.71. The van der Waals surface area contributed by atoms with E-state index >= 15 is 0 Å². The van der Waals surface area contributed by atoms with Crippen molar-refractivity contribution in [2.75, 3.05) is 0 Å². The third-order valence-electron chi connectivity index (χ3n) is 7.98. The van der Waals surface area contributed by atoms with E-state index < -0.39 is 0 Å². The normalized spacial score (nSPS) is 12.6. The largest absolute Gasteiger partial charge is 0.341 e. The van der Waals surface area contributed by atoms with Crippen molar-refractivity contribution in [3.63, 3.8) is 0 Å². The lowest BCUT2D eigenvalue weighted by atomic mass is 9.95. The molecular weight excluding hydrogens is 498 g/mol. The van der Waals surface area contributed by atoms with E-state index in [1.54, 1.807) is 11.3 Å². The summed E-state index contributed by atoms with van der Waals surface area (Å²) < 4.78 is 1.29. The average Bonchev–Trinajstić information content (AvgIpc) is 3.71. The average molecular weight is 526 g/mol. The van der Waals surface area contributed by atoms with Gasteiger partial charge in [0.1, 0.15) is 11.6 Å². The highest BCUT2D eigenvalue weighted by Crippen LogP contribution is 2.41. The first kappa shape index (κ1) is 22.7. The minimum absolute atomic E-state index is 0.322. The van der Waals surface area contributed by atoms with Gasteiger partial charge in [-0.1, -0.05) is 52.0 Å². The van der Waals surface area contributed by atoms with E-state index in [0.717, 1.165) is 39.1 Å². The van der Waals surface area contributed by atoms with Crippen molar-refractivity contribution < 1.29 is 0 Å². The van der Waals surface area contributed by atoms with Crippen LogP contribution in [0.5, 0.6) is 0 Å². The summed E-state index contributed by atoms with van der Waals surface area (Å²) in [4.78, 5) is 21.6. The molecule has 0 spiro atoms. The molecule has 0 atom stereocenters. The lowest BCUT2D eigenvalue weighted by Gasteiger charge is -2.10. The topological polar surface area (TPSA) is 70.2 Å². The van der Waals surface area contributed by atoms with E-state index in [1.807, 2.05) is 12.4 Å². The number of nitrogens with one attached hydrogen (secondary N) is 2. The fraction of sp³-hybridized carbons (Fsp3) is 0.182. The molecule has 0 bridgehead atoms. The van der Waals surface area contributed by atoms with Gasteiger partial charge in [-0.15, -0.1) is 11.3 Å². The van der Waals surface area contributed by atoms with Crippen LogP contribution in [0.2, 0.25) is 0 Å². The van der Waals surface area contributed by atoms with Crippen LogP contribution in [0.25, 0.3) is 75.6 Å². The number of rotatable bonds is 3. The molecule has 0 aliphatic rings. The number of aromatic amines is 2. The standard InChI is InChI=1S/C33H27N5S/c1-16(2)32-36-28-22-8-6-19(14-25(22)31-23(10-12-39-31)29(28)37-32)18-5-7-21-24(13-18)20-9-11-34-15-26(20)30-27(21)35-33(38-30)17(3)4/h5-17H,1-4H3,(H,35,38)(H,36,37). The number of hydrogen-bond donors (Lipinski definition) is 2. The molecule has 0 saturated heterocycles. The van der Waals surface area contributed by atoms with Crippen LogP contribution in [0.4, 0.5) is 0 Å². The summed E-state index contributed by atoms with van der Waals surface area (Å²) in [6.45, 7) is 8.71. The molecule has 6 heteroatoms. The maximum atomic E-state index is 4.98. The van der Waals surface area contributed by atoms with Gasteiger partial charge in [-0.3, -0.25) is 4.98 Å². The molecule has 190 valence electrons. The fourth-order valence-electron chi connectivity index (χ4n) is 5.93. The summed E-state index contributed by atoms with van der Waals surface area (Å²) in [5.41, 5.74) is 6.69. The molecule has 4 heterocycles. The number of benzene rings is 4. The molecule has 0 aliphatic carbocycles. The monoisotopic (exact) mass is 525 g/mol. The number of H-pyrrole nitrogens is 2. The smallest absolute Gasteiger partial charge is 0.109 e. The first-order valence-corrected chi connectivity index (χ1v) is 14.4. The van der Waals surface area contributed by atoms with Crippen LogP contribution in [-0.4, -0.2) is 24.9 Å². The molecule has 39 heavy (non-hydrogen) atoms. The molecule has 8 rings (SSSR count). The van der Waals surface area contributed by atoms with Gasteiger partial charge in [0, 0.05) is 55.9 Å². The molecule has 0 aliphatic heterocycles. The number of aromatic nitrogens is 5. The number of thiophene rings is 1. The zero-order valence-corrected chi connectivity index (χ0v) is 23.1. The van der Waals surface area contributed by atoms with Crippen molar-refractivity contribution >= 4 is 75.8 Å². The van der Waals surface area contributed by atoms with Gasteiger partial charge in [0.05, 0.1) is 22.1 Å². The minimum Gasteiger partial charge on any atom is -0.341 e. The quantitative estimate of drug-likeness (QED) is 0.226. The highest BCUT2D eigenvalue weighted by Gasteiger charge is 2.18. The van der Waals surface area contributed by atoms with Crippen molar-refractivity contribution in [3.05, 3.63) is 78.0 Å². The second kappa shape index (κ2) is 8.10. The Morgan fingerprint density at radius 1 is 0.615 bits per heavy atom. The number of pyridine rings is 1. The van der Waals surface area contributed by atoms with Crippen LogP contribution in [0.15, 0.2) is 66.3 Å².